The van der Waals surface area contributed by atoms with Crippen LogP contribution < -0.4 is 0 Å². The van der Waals surface area contributed by atoms with Crippen LogP contribution in [0.15, 0.2) is 0 Å². The van der Waals surface area contributed by atoms with Crippen LogP contribution in [0.3, 0.4) is 0 Å². The lowest BCUT2D eigenvalue weighted by Crippen LogP contribution is -2.42. The highest BCUT2D eigenvalue weighted by Gasteiger charge is 2.33. The van der Waals surface area contributed by atoms with Crippen LogP contribution in [0.5, 0.6) is 0 Å². The normalized spacial score (nSPS) is 29.2. The molecule has 0 N–H and O–H groups in total. The maximum atomic E-state index is 12.9. The Morgan fingerprint density at radius 1 is 0.462 bits per heavy atom. The molecule has 0 aromatic heterocycles. The van der Waals surface area contributed by atoms with Crippen LogP contribution >= 0.6 is 0 Å². The quantitative estimate of drug-likeness (QED) is 0.731. The Hall–Kier alpha value is -1.06. The van der Waals surface area contributed by atoms with E-state index in [0.717, 1.165) is 77.5 Å². The van der Waals surface area contributed by atoms with E-state index in [1.165, 1.54) is 38.5 Å². The van der Waals surface area contributed by atoms with Gasteiger partial charge in [0.1, 0.15) is 0 Å². The number of nitrogens with zero attached hydrogens (tertiary/aromatic N) is 2. The van der Waals surface area contributed by atoms with Gasteiger partial charge >= 0.3 is 0 Å². The lowest BCUT2D eigenvalue weighted by Gasteiger charge is -2.35. The number of likely N-dealkylation sites (tertiary alicyclic amines) is 2. The van der Waals surface area contributed by atoms with E-state index in [4.69, 9.17) is 0 Å². The zero-order valence-electron chi connectivity index (χ0n) is 16.6. The van der Waals surface area contributed by atoms with Gasteiger partial charge in [0, 0.05) is 38.0 Å². The zero-order valence-corrected chi connectivity index (χ0v) is 16.6. The van der Waals surface area contributed by atoms with Crippen LogP contribution in [-0.2, 0) is 9.59 Å². The minimum atomic E-state index is 0.172. The number of amides is 2. The third-order valence-electron chi connectivity index (χ3n) is 6.76. The smallest absolute Gasteiger partial charge is 0.225 e. The summed E-state index contributed by atoms with van der Waals surface area (Å²) in [6.07, 6.45) is 16.0. The average molecular weight is 363 g/mol. The highest BCUT2D eigenvalue weighted by molar-refractivity contribution is 5.81. The highest BCUT2D eigenvalue weighted by atomic mass is 16.2. The van der Waals surface area contributed by atoms with Gasteiger partial charge in [-0.3, -0.25) is 9.59 Å². The Morgan fingerprint density at radius 3 is 1.04 bits per heavy atom. The molecule has 3 fully saturated rings. The van der Waals surface area contributed by atoms with Gasteiger partial charge in [0.2, 0.25) is 11.8 Å². The summed E-state index contributed by atoms with van der Waals surface area (Å²) < 4.78 is 0. The fraction of sp³-hybridized carbons (Fsp3) is 0.909. The van der Waals surface area contributed by atoms with Crippen LogP contribution in [0.2, 0.25) is 0 Å². The van der Waals surface area contributed by atoms with Gasteiger partial charge in [0.05, 0.1) is 0 Å². The highest BCUT2D eigenvalue weighted by Crippen LogP contribution is 2.32. The maximum Gasteiger partial charge on any atom is 0.225 e. The Kier molecular flexibility index (Phi) is 7.82. The van der Waals surface area contributed by atoms with Crippen molar-refractivity contribution in [2.24, 2.45) is 11.8 Å². The first kappa shape index (κ1) is 19.7. The molecule has 0 aromatic rings. The Labute approximate surface area is 159 Å². The van der Waals surface area contributed by atoms with E-state index in [0.29, 0.717) is 11.8 Å². The van der Waals surface area contributed by atoms with E-state index >= 15 is 0 Å². The first-order chi connectivity index (χ1) is 12.8. The maximum absolute atomic E-state index is 12.9. The Bertz CT molecular complexity index is 399. The minimum Gasteiger partial charge on any atom is -0.342 e. The number of rotatable bonds is 2. The van der Waals surface area contributed by atoms with E-state index in [1.54, 1.807) is 0 Å². The molecule has 4 nitrogen and oxygen atoms in total. The number of carbonyl (C=O) groups is 2. The molecule has 0 bridgehead atoms. The van der Waals surface area contributed by atoms with Gasteiger partial charge in [-0.15, -0.1) is 0 Å². The van der Waals surface area contributed by atoms with Crippen molar-refractivity contribution in [2.45, 2.75) is 89.9 Å². The summed E-state index contributed by atoms with van der Waals surface area (Å²) in [7, 11) is 0. The van der Waals surface area contributed by atoms with Gasteiger partial charge in [-0.25, -0.2) is 0 Å². The van der Waals surface area contributed by atoms with Crippen LogP contribution in [0.1, 0.15) is 89.9 Å². The molecule has 3 rings (SSSR count). The van der Waals surface area contributed by atoms with Crippen molar-refractivity contribution in [3.63, 3.8) is 0 Å². The molecule has 2 amide bonds. The largest absolute Gasteiger partial charge is 0.342 e. The first-order valence-corrected chi connectivity index (χ1v) is 11.3. The number of carbonyl (C=O) groups excluding carboxylic acids is 2. The van der Waals surface area contributed by atoms with E-state index in [9.17, 15) is 9.59 Å². The molecular formula is C22H38N2O2. The third-order valence-corrected chi connectivity index (χ3v) is 6.76. The second-order valence-corrected chi connectivity index (χ2v) is 8.73. The SMILES string of the molecule is O=C(C1CCC(C(=O)N2CCCCCCC2)CC1)N1CCCCCCC1. The molecule has 26 heavy (non-hydrogen) atoms. The van der Waals surface area contributed by atoms with Crippen LogP contribution in [-0.4, -0.2) is 47.8 Å². The van der Waals surface area contributed by atoms with Crippen molar-refractivity contribution in [3.05, 3.63) is 0 Å². The van der Waals surface area contributed by atoms with Gasteiger partial charge < -0.3 is 9.80 Å². The van der Waals surface area contributed by atoms with Crippen molar-refractivity contribution >= 4 is 11.8 Å². The molecule has 0 atom stereocenters. The summed E-state index contributed by atoms with van der Waals surface area (Å²) in [6.45, 7) is 3.80. The first-order valence-electron chi connectivity index (χ1n) is 11.3. The molecule has 4 heteroatoms. The molecule has 0 radical (unpaired) electrons. The predicted octanol–water partition coefficient (Wildman–Crippen LogP) is 4.38. The average Bonchev–Trinajstić information content (AvgIpc) is 2.60. The molecule has 148 valence electrons. The molecule has 2 heterocycles. The van der Waals surface area contributed by atoms with Crippen LogP contribution in [0, 0.1) is 11.8 Å². The summed E-state index contributed by atoms with van der Waals surface area (Å²) in [5, 5.41) is 0. The summed E-state index contributed by atoms with van der Waals surface area (Å²) in [6, 6.07) is 0. The predicted molar refractivity (Wildman–Crippen MR) is 105 cm³/mol. The Morgan fingerprint density at radius 2 is 0.731 bits per heavy atom. The lowest BCUT2D eigenvalue weighted by atomic mass is 9.80. The van der Waals surface area contributed by atoms with Gasteiger partial charge in [-0.2, -0.15) is 0 Å². The Balaban J connectivity index is 1.46. The fourth-order valence-corrected chi connectivity index (χ4v) is 5.04. The minimum absolute atomic E-state index is 0.172. The van der Waals surface area contributed by atoms with Gasteiger partial charge in [0.25, 0.3) is 0 Å². The number of hydrogen-bond acceptors (Lipinski definition) is 2. The molecule has 2 aliphatic heterocycles. The topological polar surface area (TPSA) is 40.6 Å². The summed E-state index contributed by atoms with van der Waals surface area (Å²) >= 11 is 0. The van der Waals surface area contributed by atoms with Crippen molar-refractivity contribution in [3.8, 4) is 0 Å². The second kappa shape index (κ2) is 10.3. The lowest BCUT2D eigenvalue weighted by molar-refractivity contribution is -0.141. The van der Waals surface area contributed by atoms with Crippen molar-refractivity contribution < 1.29 is 9.59 Å². The number of hydrogen-bond donors (Lipinski definition) is 0. The van der Waals surface area contributed by atoms with Crippen molar-refractivity contribution in [2.75, 3.05) is 26.2 Å². The summed E-state index contributed by atoms with van der Waals surface area (Å²) in [4.78, 5) is 30.1. The molecule has 0 unspecified atom stereocenters. The molecular weight excluding hydrogens is 324 g/mol. The van der Waals surface area contributed by atoms with E-state index < -0.39 is 0 Å². The standard InChI is InChI=1S/C22H38N2O2/c25-21(23-15-7-3-1-4-8-16-23)19-11-13-20(14-12-19)22(26)24-17-9-5-2-6-10-18-24/h19-20H,1-18H2. The molecule has 2 saturated heterocycles. The monoisotopic (exact) mass is 362 g/mol. The van der Waals surface area contributed by atoms with Gasteiger partial charge in [0.15, 0.2) is 0 Å². The van der Waals surface area contributed by atoms with Gasteiger partial charge in [-0.1, -0.05) is 38.5 Å². The molecule has 1 saturated carbocycles. The molecule has 1 aliphatic carbocycles. The van der Waals surface area contributed by atoms with E-state index in [2.05, 4.69) is 9.80 Å². The van der Waals surface area contributed by atoms with E-state index in [1.807, 2.05) is 0 Å². The molecule has 3 aliphatic rings. The summed E-state index contributed by atoms with van der Waals surface area (Å²) in [5.74, 6) is 1.10. The summed E-state index contributed by atoms with van der Waals surface area (Å²) in [5.41, 5.74) is 0. The second-order valence-electron chi connectivity index (χ2n) is 8.73. The van der Waals surface area contributed by atoms with Crippen molar-refractivity contribution in [1.82, 2.24) is 9.80 Å². The van der Waals surface area contributed by atoms with Crippen LogP contribution in [0.25, 0.3) is 0 Å². The third kappa shape index (κ3) is 5.47. The molecule has 0 aromatic carbocycles. The van der Waals surface area contributed by atoms with Crippen molar-refractivity contribution in [1.29, 1.82) is 0 Å². The zero-order chi connectivity index (χ0) is 18.2. The van der Waals surface area contributed by atoms with Crippen LogP contribution in [0.4, 0.5) is 0 Å². The van der Waals surface area contributed by atoms with E-state index in [-0.39, 0.29) is 11.8 Å². The fourth-order valence-electron chi connectivity index (χ4n) is 5.04. The van der Waals surface area contributed by atoms with Gasteiger partial charge in [-0.05, 0) is 51.4 Å². The molecule has 0 spiro atoms.